The van der Waals surface area contributed by atoms with Crippen LogP contribution in [0.3, 0.4) is 0 Å². The first-order valence-electron chi connectivity index (χ1n) is 8.39. The molecule has 2 N–H and O–H groups in total. The van der Waals surface area contributed by atoms with E-state index in [-0.39, 0.29) is 18.1 Å². The second kappa shape index (κ2) is 7.49. The van der Waals surface area contributed by atoms with Crippen LogP contribution in [0.1, 0.15) is 39.5 Å². The first-order chi connectivity index (χ1) is 10.8. The van der Waals surface area contributed by atoms with E-state index in [9.17, 15) is 9.59 Å². The highest BCUT2D eigenvalue weighted by Crippen LogP contribution is 2.31. The van der Waals surface area contributed by atoms with Crippen molar-refractivity contribution >= 4 is 12.0 Å². The summed E-state index contributed by atoms with van der Waals surface area (Å²) in [5, 5.41) is 11.1. The molecule has 0 bridgehead atoms. The normalized spacial score (nSPS) is 31.9. The van der Waals surface area contributed by atoms with Gasteiger partial charge in [-0.3, -0.25) is 4.79 Å². The fourth-order valence-corrected chi connectivity index (χ4v) is 3.81. The van der Waals surface area contributed by atoms with E-state index < -0.39 is 12.1 Å². The lowest BCUT2D eigenvalue weighted by Gasteiger charge is -2.43. The van der Waals surface area contributed by atoms with Crippen LogP contribution in [0.2, 0.25) is 0 Å². The summed E-state index contributed by atoms with van der Waals surface area (Å²) in [6.45, 7) is 4.96. The van der Waals surface area contributed by atoms with Crippen LogP contribution in [0.5, 0.6) is 0 Å². The molecule has 0 aromatic heterocycles. The summed E-state index contributed by atoms with van der Waals surface area (Å²) in [5.41, 5.74) is 0. The molecule has 1 heterocycles. The molecule has 0 radical (unpaired) electrons. The van der Waals surface area contributed by atoms with Gasteiger partial charge in [-0.15, -0.1) is 0 Å². The van der Waals surface area contributed by atoms with Crippen LogP contribution in [0.4, 0.5) is 4.79 Å². The minimum absolute atomic E-state index is 0.00229. The third-order valence-corrected chi connectivity index (χ3v) is 5.36. The van der Waals surface area contributed by atoms with Crippen LogP contribution in [0.15, 0.2) is 0 Å². The number of ether oxygens (including phenoxy) is 1. The van der Waals surface area contributed by atoms with Gasteiger partial charge in [0.25, 0.3) is 0 Å². The van der Waals surface area contributed by atoms with Gasteiger partial charge in [0, 0.05) is 25.7 Å². The number of nitrogens with zero attached hydrogens (tertiary/aromatic N) is 2. The first-order valence-corrected chi connectivity index (χ1v) is 8.39. The molecule has 1 aliphatic heterocycles. The Balaban J connectivity index is 2.01. The molecule has 132 valence electrons. The highest BCUT2D eigenvalue weighted by molar-refractivity contribution is 5.87. The highest BCUT2D eigenvalue weighted by Gasteiger charge is 2.43. The molecule has 2 fully saturated rings. The number of hydrogen-bond donors (Lipinski definition) is 2. The summed E-state index contributed by atoms with van der Waals surface area (Å²) in [7, 11) is 3.83. The van der Waals surface area contributed by atoms with Gasteiger partial charge in [-0.05, 0) is 46.6 Å². The molecule has 0 unspecified atom stereocenters. The average molecular weight is 327 g/mol. The zero-order valence-corrected chi connectivity index (χ0v) is 14.5. The molecule has 7 heteroatoms. The SMILES string of the molecule is CO[C@H]1C[C@H](N(C)C(C)C)CC[C@@H]1N1CC[C@H](NC(=O)O)C1=O. The molecular formula is C16H29N3O4. The number of hydrogen-bond acceptors (Lipinski definition) is 4. The maximum atomic E-state index is 12.5. The number of rotatable bonds is 5. The van der Waals surface area contributed by atoms with E-state index in [1.807, 2.05) is 4.90 Å². The quantitative estimate of drug-likeness (QED) is 0.791. The zero-order chi connectivity index (χ0) is 17.1. The van der Waals surface area contributed by atoms with E-state index >= 15 is 0 Å². The van der Waals surface area contributed by atoms with Crippen molar-refractivity contribution in [1.82, 2.24) is 15.1 Å². The van der Waals surface area contributed by atoms with Crippen molar-refractivity contribution < 1.29 is 19.4 Å². The first kappa shape index (κ1) is 18.0. The lowest BCUT2D eigenvalue weighted by Crippen LogP contribution is -2.54. The van der Waals surface area contributed by atoms with Gasteiger partial charge in [0.15, 0.2) is 0 Å². The summed E-state index contributed by atoms with van der Waals surface area (Å²) in [6, 6.07) is 0.374. The molecular weight excluding hydrogens is 298 g/mol. The number of carbonyl (C=O) groups is 2. The van der Waals surface area contributed by atoms with Crippen molar-refractivity contribution in [2.75, 3.05) is 20.7 Å². The summed E-state index contributed by atoms with van der Waals surface area (Å²) in [5.74, 6) is -0.116. The Hall–Kier alpha value is -1.34. The minimum Gasteiger partial charge on any atom is -0.465 e. The number of carboxylic acid groups (broad SMARTS) is 1. The summed E-state index contributed by atoms with van der Waals surface area (Å²) in [6.07, 6.45) is 2.22. The molecule has 0 aromatic carbocycles. The Morgan fingerprint density at radius 1 is 1.39 bits per heavy atom. The van der Waals surface area contributed by atoms with E-state index in [0.29, 0.717) is 25.0 Å². The van der Waals surface area contributed by atoms with E-state index in [1.165, 1.54) is 0 Å². The Labute approximate surface area is 138 Å². The molecule has 2 rings (SSSR count). The lowest BCUT2D eigenvalue weighted by atomic mass is 9.86. The van der Waals surface area contributed by atoms with Crippen molar-refractivity contribution in [1.29, 1.82) is 0 Å². The fraction of sp³-hybridized carbons (Fsp3) is 0.875. The summed E-state index contributed by atoms with van der Waals surface area (Å²) < 4.78 is 5.68. The number of methoxy groups -OCH3 is 1. The van der Waals surface area contributed by atoms with Gasteiger partial charge in [0.1, 0.15) is 6.04 Å². The molecule has 0 aromatic rings. The Morgan fingerprint density at radius 3 is 2.65 bits per heavy atom. The monoisotopic (exact) mass is 327 g/mol. The molecule has 2 aliphatic rings. The molecule has 23 heavy (non-hydrogen) atoms. The number of nitrogens with one attached hydrogen (secondary N) is 1. The van der Waals surface area contributed by atoms with Crippen molar-refractivity contribution in [2.45, 2.75) is 69.8 Å². The zero-order valence-electron chi connectivity index (χ0n) is 14.5. The topological polar surface area (TPSA) is 82.1 Å². The molecule has 7 nitrogen and oxygen atoms in total. The predicted molar refractivity (Wildman–Crippen MR) is 86.4 cm³/mol. The van der Waals surface area contributed by atoms with Gasteiger partial charge >= 0.3 is 6.09 Å². The van der Waals surface area contributed by atoms with Crippen molar-refractivity contribution in [3.63, 3.8) is 0 Å². The fourth-order valence-electron chi connectivity index (χ4n) is 3.81. The molecule has 0 spiro atoms. The number of carbonyl (C=O) groups excluding carboxylic acids is 1. The van der Waals surface area contributed by atoms with Gasteiger partial charge < -0.3 is 25.0 Å². The van der Waals surface area contributed by atoms with Gasteiger partial charge in [-0.1, -0.05) is 0 Å². The second-order valence-corrected chi connectivity index (χ2v) is 6.89. The van der Waals surface area contributed by atoms with E-state index in [2.05, 4.69) is 31.1 Å². The average Bonchev–Trinajstić information content (AvgIpc) is 2.86. The lowest BCUT2D eigenvalue weighted by molar-refractivity contribution is -0.136. The third kappa shape index (κ3) is 3.95. The standard InChI is InChI=1S/C16H29N3O4/c1-10(2)18(3)11-5-6-13(14(9-11)23-4)19-8-7-12(15(19)20)17-16(21)22/h10-14,17H,5-9H2,1-4H3,(H,21,22)/t11-,12+,13+,14+/m1/s1. The van der Waals surface area contributed by atoms with Crippen molar-refractivity contribution in [2.24, 2.45) is 0 Å². The molecule has 1 aliphatic carbocycles. The van der Waals surface area contributed by atoms with Crippen LogP contribution in [0, 0.1) is 0 Å². The van der Waals surface area contributed by atoms with Gasteiger partial charge in [0.2, 0.25) is 5.91 Å². The molecule has 1 saturated carbocycles. The maximum Gasteiger partial charge on any atom is 0.405 e. The van der Waals surface area contributed by atoms with Crippen LogP contribution in [-0.4, -0.2) is 77.9 Å². The molecule has 4 atom stereocenters. The van der Waals surface area contributed by atoms with Crippen LogP contribution in [0.25, 0.3) is 0 Å². The minimum atomic E-state index is -1.14. The highest BCUT2D eigenvalue weighted by atomic mass is 16.5. The predicted octanol–water partition coefficient (Wildman–Crippen LogP) is 1.13. The van der Waals surface area contributed by atoms with Crippen LogP contribution < -0.4 is 5.32 Å². The van der Waals surface area contributed by atoms with Crippen molar-refractivity contribution in [3.05, 3.63) is 0 Å². The van der Waals surface area contributed by atoms with Crippen LogP contribution >= 0.6 is 0 Å². The Bertz CT molecular complexity index is 443. The van der Waals surface area contributed by atoms with E-state index in [1.54, 1.807) is 7.11 Å². The maximum absolute atomic E-state index is 12.5. The molecule has 1 saturated heterocycles. The second-order valence-electron chi connectivity index (χ2n) is 6.89. The number of likely N-dealkylation sites (tertiary alicyclic amines) is 1. The van der Waals surface area contributed by atoms with Crippen LogP contribution in [-0.2, 0) is 9.53 Å². The largest absolute Gasteiger partial charge is 0.465 e. The Morgan fingerprint density at radius 2 is 2.09 bits per heavy atom. The summed E-state index contributed by atoms with van der Waals surface area (Å²) >= 11 is 0. The summed E-state index contributed by atoms with van der Waals surface area (Å²) in [4.78, 5) is 27.4. The van der Waals surface area contributed by atoms with E-state index in [0.717, 1.165) is 19.3 Å². The Kier molecular flexibility index (Phi) is 5.86. The van der Waals surface area contributed by atoms with Gasteiger partial charge in [0.05, 0.1) is 12.1 Å². The van der Waals surface area contributed by atoms with Gasteiger partial charge in [-0.25, -0.2) is 4.79 Å². The molecule has 2 amide bonds. The van der Waals surface area contributed by atoms with E-state index in [4.69, 9.17) is 9.84 Å². The van der Waals surface area contributed by atoms with Crippen molar-refractivity contribution in [3.8, 4) is 0 Å². The number of amides is 2. The third-order valence-electron chi connectivity index (χ3n) is 5.36. The van der Waals surface area contributed by atoms with Gasteiger partial charge in [-0.2, -0.15) is 0 Å². The smallest absolute Gasteiger partial charge is 0.405 e.